The fourth-order valence-electron chi connectivity index (χ4n) is 2.58. The molecule has 0 aliphatic rings. The molecule has 28 heavy (non-hydrogen) atoms. The van der Waals surface area contributed by atoms with Gasteiger partial charge in [0, 0.05) is 11.3 Å². The monoisotopic (exact) mass is 412 g/mol. The summed E-state index contributed by atoms with van der Waals surface area (Å²) in [6, 6.07) is 13.2. The molecule has 0 radical (unpaired) electrons. The lowest BCUT2D eigenvalue weighted by molar-refractivity contribution is -0.113. The molecule has 2 N–H and O–H groups in total. The topological polar surface area (TPSA) is 84.0 Å². The van der Waals surface area contributed by atoms with Gasteiger partial charge in [-0.05, 0) is 44.0 Å². The van der Waals surface area contributed by atoms with Crippen LogP contribution in [0, 0.1) is 20.8 Å². The summed E-state index contributed by atoms with van der Waals surface area (Å²) in [4.78, 5) is 24.5. The summed E-state index contributed by atoms with van der Waals surface area (Å²) in [6.45, 7) is 5.86. The van der Waals surface area contributed by atoms with Gasteiger partial charge in [-0.3, -0.25) is 14.9 Å². The van der Waals surface area contributed by atoms with Crippen molar-refractivity contribution in [3.8, 4) is 0 Å². The number of nitrogens with one attached hydrogen (secondary N) is 2. The molecule has 0 atom stereocenters. The van der Waals surface area contributed by atoms with Gasteiger partial charge < -0.3 is 5.32 Å². The summed E-state index contributed by atoms with van der Waals surface area (Å²) in [5.41, 5.74) is 4.47. The van der Waals surface area contributed by atoms with Crippen LogP contribution in [0.15, 0.2) is 46.8 Å². The first-order chi connectivity index (χ1) is 13.4. The smallest absolute Gasteiger partial charge is 0.257 e. The van der Waals surface area contributed by atoms with Crippen LogP contribution in [0.3, 0.4) is 0 Å². The highest BCUT2D eigenvalue weighted by atomic mass is 32.2. The van der Waals surface area contributed by atoms with E-state index in [9.17, 15) is 9.59 Å². The zero-order chi connectivity index (χ0) is 20.1. The Morgan fingerprint density at radius 2 is 1.79 bits per heavy atom. The normalized spacial score (nSPS) is 10.5. The van der Waals surface area contributed by atoms with Gasteiger partial charge in [0.1, 0.15) is 0 Å². The van der Waals surface area contributed by atoms with Crippen LogP contribution in [0.4, 0.5) is 10.8 Å². The van der Waals surface area contributed by atoms with Crippen molar-refractivity contribution >= 4 is 45.7 Å². The third kappa shape index (κ3) is 5.17. The van der Waals surface area contributed by atoms with Crippen LogP contribution < -0.4 is 10.6 Å². The number of benzene rings is 2. The minimum absolute atomic E-state index is 0.113. The lowest BCUT2D eigenvalue weighted by Gasteiger charge is -2.08. The van der Waals surface area contributed by atoms with E-state index in [1.54, 1.807) is 6.07 Å². The first kappa shape index (κ1) is 20.0. The first-order valence-corrected chi connectivity index (χ1v) is 10.4. The van der Waals surface area contributed by atoms with Crippen molar-refractivity contribution < 1.29 is 9.59 Å². The van der Waals surface area contributed by atoms with Crippen LogP contribution in [0.1, 0.15) is 27.0 Å². The average molecular weight is 413 g/mol. The molecule has 0 saturated carbocycles. The molecule has 144 valence electrons. The predicted molar refractivity (Wildman–Crippen MR) is 114 cm³/mol. The number of anilines is 2. The Hall–Kier alpha value is -2.71. The number of carbonyl (C=O) groups is 2. The van der Waals surface area contributed by atoms with Crippen molar-refractivity contribution in [1.29, 1.82) is 0 Å². The Labute approximate surface area is 171 Å². The summed E-state index contributed by atoms with van der Waals surface area (Å²) < 4.78 is 0.621. The molecule has 0 bridgehead atoms. The molecule has 0 unspecified atom stereocenters. The molecule has 0 aliphatic carbocycles. The number of amides is 2. The van der Waals surface area contributed by atoms with Gasteiger partial charge in [-0.15, -0.1) is 10.2 Å². The fourth-order valence-corrected chi connectivity index (χ4v) is 4.13. The maximum absolute atomic E-state index is 12.3. The van der Waals surface area contributed by atoms with Crippen LogP contribution in [0.2, 0.25) is 0 Å². The fraction of sp³-hybridized carbons (Fsp3) is 0.200. The molecule has 2 aromatic carbocycles. The van der Waals surface area contributed by atoms with Gasteiger partial charge in [-0.1, -0.05) is 59.0 Å². The van der Waals surface area contributed by atoms with Crippen molar-refractivity contribution in [1.82, 2.24) is 10.2 Å². The Balaban J connectivity index is 1.54. The van der Waals surface area contributed by atoms with Gasteiger partial charge in [0.05, 0.1) is 5.75 Å². The van der Waals surface area contributed by atoms with E-state index in [1.807, 2.05) is 57.2 Å². The molecule has 3 aromatic rings. The number of rotatable bonds is 6. The summed E-state index contributed by atoms with van der Waals surface area (Å²) in [5, 5.41) is 14.1. The molecule has 1 heterocycles. The van der Waals surface area contributed by atoms with E-state index in [1.165, 1.54) is 23.1 Å². The van der Waals surface area contributed by atoms with Crippen molar-refractivity contribution in [2.45, 2.75) is 25.1 Å². The number of hydrogen-bond acceptors (Lipinski definition) is 6. The highest BCUT2D eigenvalue weighted by molar-refractivity contribution is 8.01. The Bertz CT molecular complexity index is 1020. The van der Waals surface area contributed by atoms with Crippen LogP contribution in [-0.2, 0) is 4.79 Å². The second-order valence-corrected chi connectivity index (χ2v) is 8.50. The van der Waals surface area contributed by atoms with E-state index in [-0.39, 0.29) is 17.6 Å². The molecular weight excluding hydrogens is 392 g/mol. The standard InChI is InChI=1S/C20H20N4O2S2/c1-12-8-9-16(14(3)10-12)21-17(25)11-27-20-24-23-19(28-20)22-18(26)15-7-5-4-6-13(15)2/h4-10H,11H2,1-3H3,(H,21,25)(H,22,23,26). The lowest BCUT2D eigenvalue weighted by atomic mass is 10.1. The minimum Gasteiger partial charge on any atom is -0.325 e. The van der Waals surface area contributed by atoms with E-state index < -0.39 is 0 Å². The van der Waals surface area contributed by atoms with Gasteiger partial charge in [0.25, 0.3) is 5.91 Å². The van der Waals surface area contributed by atoms with E-state index in [2.05, 4.69) is 20.8 Å². The van der Waals surface area contributed by atoms with Crippen LogP contribution in [0.25, 0.3) is 0 Å². The molecular formula is C20H20N4O2S2. The second kappa shape index (κ2) is 8.99. The molecule has 2 amide bonds. The third-order valence-electron chi connectivity index (χ3n) is 4.00. The maximum atomic E-state index is 12.3. The average Bonchev–Trinajstić information content (AvgIpc) is 3.10. The van der Waals surface area contributed by atoms with Crippen molar-refractivity contribution in [3.63, 3.8) is 0 Å². The van der Waals surface area contributed by atoms with Gasteiger partial charge in [0.15, 0.2) is 4.34 Å². The summed E-state index contributed by atoms with van der Waals surface area (Å²) in [5.74, 6) is -0.121. The minimum atomic E-state index is -0.224. The van der Waals surface area contributed by atoms with E-state index in [4.69, 9.17) is 0 Å². The Morgan fingerprint density at radius 1 is 1.00 bits per heavy atom. The van der Waals surface area contributed by atoms with Crippen LogP contribution in [-0.4, -0.2) is 27.8 Å². The zero-order valence-electron chi connectivity index (χ0n) is 15.8. The predicted octanol–water partition coefficient (Wildman–Crippen LogP) is 4.45. The van der Waals surface area contributed by atoms with Crippen molar-refractivity contribution in [2.75, 3.05) is 16.4 Å². The quantitative estimate of drug-likeness (QED) is 0.462. The molecule has 0 aliphatic heterocycles. The molecule has 0 spiro atoms. The van der Waals surface area contributed by atoms with Gasteiger partial charge in [-0.2, -0.15) is 0 Å². The Kier molecular flexibility index (Phi) is 6.43. The van der Waals surface area contributed by atoms with Gasteiger partial charge >= 0.3 is 0 Å². The van der Waals surface area contributed by atoms with Crippen LogP contribution in [0.5, 0.6) is 0 Å². The summed E-state index contributed by atoms with van der Waals surface area (Å²) >= 11 is 2.53. The van der Waals surface area contributed by atoms with Crippen molar-refractivity contribution in [2.24, 2.45) is 0 Å². The second-order valence-electron chi connectivity index (χ2n) is 6.30. The van der Waals surface area contributed by atoms with Crippen molar-refractivity contribution in [3.05, 3.63) is 64.7 Å². The number of nitrogens with zero attached hydrogens (tertiary/aromatic N) is 2. The summed E-state index contributed by atoms with van der Waals surface area (Å²) in [6.07, 6.45) is 0. The molecule has 0 fully saturated rings. The number of hydrogen-bond donors (Lipinski definition) is 2. The molecule has 3 rings (SSSR count). The zero-order valence-corrected chi connectivity index (χ0v) is 17.4. The SMILES string of the molecule is Cc1ccc(NC(=O)CSc2nnc(NC(=O)c3ccccc3C)s2)c(C)c1. The number of aryl methyl sites for hydroxylation is 3. The van der Waals surface area contributed by atoms with E-state index >= 15 is 0 Å². The third-order valence-corrected chi connectivity index (χ3v) is 5.97. The number of aromatic nitrogens is 2. The molecule has 0 saturated heterocycles. The first-order valence-electron chi connectivity index (χ1n) is 8.63. The molecule has 8 heteroatoms. The highest BCUT2D eigenvalue weighted by Crippen LogP contribution is 2.26. The maximum Gasteiger partial charge on any atom is 0.257 e. The highest BCUT2D eigenvalue weighted by Gasteiger charge is 2.13. The van der Waals surface area contributed by atoms with E-state index in [0.29, 0.717) is 15.0 Å². The largest absolute Gasteiger partial charge is 0.325 e. The van der Waals surface area contributed by atoms with Crippen LogP contribution >= 0.6 is 23.1 Å². The van der Waals surface area contributed by atoms with Gasteiger partial charge in [0.2, 0.25) is 11.0 Å². The van der Waals surface area contributed by atoms with E-state index in [0.717, 1.165) is 22.4 Å². The summed E-state index contributed by atoms with van der Waals surface area (Å²) in [7, 11) is 0. The van der Waals surface area contributed by atoms with Gasteiger partial charge in [-0.25, -0.2) is 0 Å². The molecule has 1 aromatic heterocycles. The Morgan fingerprint density at radius 3 is 2.54 bits per heavy atom. The number of thioether (sulfide) groups is 1. The molecule has 6 nitrogen and oxygen atoms in total. The number of carbonyl (C=O) groups excluding carboxylic acids is 2. The lowest BCUT2D eigenvalue weighted by Crippen LogP contribution is -2.14.